The standard InChI is InChI=1S/C34H19N5O5/c35-17-25(30(26(18-36)19-37)22-9-11-23(12-10-22)33(41)42)7-4-8-29-31(21-5-2-1-3-6-21)28(20-38)32(40)39(29)27-15-13-24(14-16-27)34(43)44/h1-16,26H,(H,41,42)(H,43,44)/b7-4+,29-8-,30-25-. The van der Waals surface area contributed by atoms with E-state index in [0.717, 1.165) is 0 Å². The van der Waals surface area contributed by atoms with Gasteiger partial charge in [-0.05, 0) is 59.7 Å². The normalized spacial score (nSPS) is 14.2. The second-order valence-corrected chi connectivity index (χ2v) is 9.14. The van der Waals surface area contributed by atoms with Gasteiger partial charge in [0.05, 0.1) is 40.6 Å². The molecule has 10 nitrogen and oxygen atoms in total. The van der Waals surface area contributed by atoms with Crippen molar-refractivity contribution in [2.75, 3.05) is 4.90 Å². The van der Waals surface area contributed by atoms with Gasteiger partial charge in [-0.15, -0.1) is 0 Å². The summed E-state index contributed by atoms with van der Waals surface area (Å²) in [5.74, 6) is -4.32. The molecule has 1 amide bonds. The summed E-state index contributed by atoms with van der Waals surface area (Å²) in [6.45, 7) is 0. The first-order valence-corrected chi connectivity index (χ1v) is 12.8. The number of nitriles is 4. The van der Waals surface area contributed by atoms with E-state index in [1.165, 1.54) is 71.7 Å². The van der Waals surface area contributed by atoms with Crippen molar-refractivity contribution in [3.63, 3.8) is 0 Å². The fourth-order valence-corrected chi connectivity index (χ4v) is 4.59. The fourth-order valence-electron chi connectivity index (χ4n) is 4.59. The molecule has 0 saturated carbocycles. The van der Waals surface area contributed by atoms with Crippen molar-refractivity contribution in [1.29, 1.82) is 21.0 Å². The number of nitrogens with zero attached hydrogens (tertiary/aromatic N) is 5. The minimum atomic E-state index is -1.36. The fraction of sp³-hybridized carbons (Fsp3) is 0.0294. The van der Waals surface area contributed by atoms with E-state index < -0.39 is 23.8 Å². The number of benzene rings is 3. The molecule has 10 heteroatoms. The van der Waals surface area contributed by atoms with Crippen molar-refractivity contribution < 1.29 is 24.6 Å². The van der Waals surface area contributed by atoms with Gasteiger partial charge in [0, 0.05) is 16.8 Å². The van der Waals surface area contributed by atoms with Crippen molar-refractivity contribution in [3.8, 4) is 24.3 Å². The van der Waals surface area contributed by atoms with Crippen LogP contribution in [0.1, 0.15) is 31.8 Å². The Hall–Kier alpha value is -7.01. The third-order valence-electron chi connectivity index (χ3n) is 6.63. The summed E-state index contributed by atoms with van der Waals surface area (Å²) in [6, 6.07) is 27.3. The van der Waals surface area contributed by atoms with Crippen LogP contribution in [0.2, 0.25) is 0 Å². The van der Waals surface area contributed by atoms with Crippen LogP contribution < -0.4 is 4.90 Å². The summed E-state index contributed by atoms with van der Waals surface area (Å²) in [6.07, 6.45) is 4.27. The number of rotatable bonds is 8. The number of amides is 1. The largest absolute Gasteiger partial charge is 0.478 e. The van der Waals surface area contributed by atoms with Crippen LogP contribution in [0, 0.1) is 51.2 Å². The molecular weight excluding hydrogens is 558 g/mol. The Labute approximate surface area is 251 Å². The Morgan fingerprint density at radius 2 is 1.32 bits per heavy atom. The van der Waals surface area contributed by atoms with Gasteiger partial charge in [-0.25, -0.2) is 9.59 Å². The lowest BCUT2D eigenvalue weighted by atomic mass is 9.89. The summed E-state index contributed by atoms with van der Waals surface area (Å²) in [5.41, 5.74) is 1.55. The molecule has 0 spiro atoms. The van der Waals surface area contributed by atoms with Crippen LogP contribution in [0.5, 0.6) is 0 Å². The number of aromatic carboxylic acids is 2. The molecule has 44 heavy (non-hydrogen) atoms. The summed E-state index contributed by atoms with van der Waals surface area (Å²) >= 11 is 0. The molecule has 4 rings (SSSR count). The predicted molar refractivity (Wildman–Crippen MR) is 158 cm³/mol. The smallest absolute Gasteiger partial charge is 0.335 e. The summed E-state index contributed by atoms with van der Waals surface area (Å²) in [7, 11) is 0. The Bertz CT molecular complexity index is 1950. The number of carboxylic acids is 2. The molecule has 0 radical (unpaired) electrons. The highest BCUT2D eigenvalue weighted by molar-refractivity contribution is 6.24. The molecule has 1 aliphatic heterocycles. The zero-order valence-electron chi connectivity index (χ0n) is 22.7. The molecule has 0 bridgehead atoms. The Kier molecular flexibility index (Phi) is 8.92. The quantitative estimate of drug-likeness (QED) is 0.257. The van der Waals surface area contributed by atoms with E-state index in [1.807, 2.05) is 24.3 Å². The Balaban J connectivity index is 1.90. The number of carbonyl (C=O) groups is 3. The van der Waals surface area contributed by atoms with Crippen molar-refractivity contribution in [2.45, 2.75) is 0 Å². The van der Waals surface area contributed by atoms with Crippen LogP contribution >= 0.6 is 0 Å². The van der Waals surface area contributed by atoms with E-state index in [4.69, 9.17) is 0 Å². The topological polar surface area (TPSA) is 190 Å². The van der Waals surface area contributed by atoms with Gasteiger partial charge >= 0.3 is 11.9 Å². The van der Waals surface area contributed by atoms with Gasteiger partial charge in [-0.2, -0.15) is 21.0 Å². The number of allylic oxidation sites excluding steroid dienone is 6. The van der Waals surface area contributed by atoms with Gasteiger partial charge in [0.2, 0.25) is 0 Å². The van der Waals surface area contributed by atoms with Crippen LogP contribution in [-0.4, -0.2) is 28.1 Å². The first kappa shape index (κ1) is 30.0. The van der Waals surface area contributed by atoms with E-state index in [0.29, 0.717) is 22.4 Å². The van der Waals surface area contributed by atoms with E-state index in [9.17, 15) is 45.6 Å². The summed E-state index contributed by atoms with van der Waals surface area (Å²) in [4.78, 5) is 37.5. The van der Waals surface area contributed by atoms with Gasteiger partial charge < -0.3 is 10.2 Å². The van der Waals surface area contributed by atoms with Gasteiger partial charge in [0.15, 0.2) is 5.92 Å². The van der Waals surface area contributed by atoms with E-state index in [1.54, 1.807) is 30.3 Å². The Morgan fingerprint density at radius 3 is 1.82 bits per heavy atom. The molecule has 0 aromatic heterocycles. The lowest BCUT2D eigenvalue weighted by molar-refractivity contribution is -0.113. The molecule has 210 valence electrons. The maximum Gasteiger partial charge on any atom is 0.335 e. The van der Waals surface area contributed by atoms with Gasteiger partial charge in [-0.3, -0.25) is 9.69 Å². The van der Waals surface area contributed by atoms with E-state index in [2.05, 4.69) is 0 Å². The Morgan fingerprint density at radius 1 is 0.773 bits per heavy atom. The third kappa shape index (κ3) is 5.87. The average Bonchev–Trinajstić information content (AvgIpc) is 3.33. The van der Waals surface area contributed by atoms with Crippen molar-refractivity contribution in [1.82, 2.24) is 0 Å². The first-order chi connectivity index (χ1) is 21.2. The minimum absolute atomic E-state index is 0.000161. The average molecular weight is 578 g/mol. The lowest BCUT2D eigenvalue weighted by Crippen LogP contribution is -2.25. The van der Waals surface area contributed by atoms with Crippen molar-refractivity contribution in [2.24, 2.45) is 5.92 Å². The molecule has 0 unspecified atom stereocenters. The second-order valence-electron chi connectivity index (χ2n) is 9.14. The molecule has 3 aromatic rings. The highest BCUT2D eigenvalue weighted by Gasteiger charge is 2.36. The van der Waals surface area contributed by atoms with Crippen molar-refractivity contribution in [3.05, 3.63) is 136 Å². The van der Waals surface area contributed by atoms with Crippen LogP contribution in [0.15, 0.2) is 114 Å². The predicted octanol–water partition coefficient (Wildman–Crippen LogP) is 5.49. The number of anilines is 1. The molecule has 0 aliphatic carbocycles. The molecule has 0 atom stereocenters. The van der Waals surface area contributed by atoms with Gasteiger partial charge in [0.25, 0.3) is 5.91 Å². The van der Waals surface area contributed by atoms with Crippen LogP contribution in [0.25, 0.3) is 11.1 Å². The molecule has 3 aromatic carbocycles. The molecular formula is C34H19N5O5. The first-order valence-electron chi connectivity index (χ1n) is 12.8. The zero-order chi connectivity index (χ0) is 31.8. The monoisotopic (exact) mass is 577 g/mol. The number of carbonyl (C=O) groups excluding carboxylic acids is 1. The summed E-state index contributed by atoms with van der Waals surface area (Å²) in [5, 5.41) is 57.8. The number of carboxylic acid groups (broad SMARTS) is 2. The van der Waals surface area contributed by atoms with Gasteiger partial charge in [0.1, 0.15) is 11.6 Å². The molecule has 1 heterocycles. The lowest BCUT2D eigenvalue weighted by Gasteiger charge is -2.20. The maximum absolute atomic E-state index is 13.5. The number of hydrogen-bond donors (Lipinski definition) is 2. The zero-order valence-corrected chi connectivity index (χ0v) is 22.7. The minimum Gasteiger partial charge on any atom is -0.478 e. The third-order valence-corrected chi connectivity index (χ3v) is 6.63. The molecule has 0 fully saturated rings. The molecule has 2 N–H and O–H groups in total. The number of hydrogen-bond acceptors (Lipinski definition) is 7. The van der Waals surface area contributed by atoms with E-state index >= 15 is 0 Å². The maximum atomic E-state index is 13.5. The molecule has 0 saturated heterocycles. The van der Waals surface area contributed by atoms with E-state index in [-0.39, 0.29) is 33.5 Å². The van der Waals surface area contributed by atoms with Crippen LogP contribution in [0.3, 0.4) is 0 Å². The highest BCUT2D eigenvalue weighted by atomic mass is 16.4. The highest BCUT2D eigenvalue weighted by Crippen LogP contribution is 2.40. The van der Waals surface area contributed by atoms with Crippen LogP contribution in [0.4, 0.5) is 5.69 Å². The summed E-state index contributed by atoms with van der Waals surface area (Å²) < 4.78 is 0. The van der Waals surface area contributed by atoms with Gasteiger partial charge in [-0.1, -0.05) is 48.5 Å². The van der Waals surface area contributed by atoms with Crippen molar-refractivity contribution >= 4 is 34.7 Å². The second kappa shape index (κ2) is 13.1. The SMILES string of the molecule is N#CC1=C(c2ccccc2)/C(=C/C=C/C(C#N)=C(\c2ccc(C(=O)O)cc2)C(C#N)C#N)N(c2ccc(C(=O)O)cc2)C1=O. The molecule has 1 aliphatic rings. The van der Waals surface area contributed by atoms with Crippen LogP contribution in [-0.2, 0) is 4.79 Å².